The highest BCUT2D eigenvalue weighted by Crippen LogP contribution is 2.25. The van der Waals surface area contributed by atoms with Crippen LogP contribution in [0, 0.1) is 13.8 Å². The van der Waals surface area contributed by atoms with Gasteiger partial charge in [-0.05, 0) is 38.5 Å². The molecule has 104 valence electrons. The van der Waals surface area contributed by atoms with E-state index >= 15 is 0 Å². The summed E-state index contributed by atoms with van der Waals surface area (Å²) in [7, 11) is 0. The second kappa shape index (κ2) is 5.96. The van der Waals surface area contributed by atoms with Crippen LogP contribution in [0.15, 0.2) is 30.3 Å². The molecule has 0 aliphatic heterocycles. The Morgan fingerprint density at radius 3 is 2.55 bits per heavy atom. The number of hydrogen-bond acceptors (Lipinski definition) is 4. The third kappa shape index (κ3) is 2.93. The predicted octanol–water partition coefficient (Wildman–Crippen LogP) is 2.89. The summed E-state index contributed by atoms with van der Waals surface area (Å²) in [6.07, 6.45) is 0. The molecule has 0 amide bonds. The molecule has 0 fully saturated rings. The normalized spacial score (nSPS) is 10.3. The highest BCUT2D eigenvalue weighted by molar-refractivity contribution is 7.80. The molecule has 5 heteroatoms. The average Bonchev–Trinajstić information content (AvgIpc) is 2.41. The van der Waals surface area contributed by atoms with Gasteiger partial charge in [-0.1, -0.05) is 30.4 Å². The molecule has 2 aromatic rings. The Labute approximate surface area is 124 Å². The Kier molecular flexibility index (Phi) is 4.29. The minimum atomic E-state index is 0.289. The second-order valence-corrected chi connectivity index (χ2v) is 5.03. The van der Waals surface area contributed by atoms with Crippen molar-refractivity contribution in [2.45, 2.75) is 20.8 Å². The number of nitrogens with zero attached hydrogens (tertiary/aromatic N) is 3. The molecule has 0 spiro atoms. The first-order chi connectivity index (χ1) is 9.52. The van der Waals surface area contributed by atoms with E-state index in [0.29, 0.717) is 11.6 Å². The van der Waals surface area contributed by atoms with E-state index in [0.717, 1.165) is 17.9 Å². The van der Waals surface area contributed by atoms with Crippen LogP contribution in [0.2, 0.25) is 0 Å². The number of nitrogens with two attached hydrogens (primary N) is 1. The molecule has 2 N–H and O–H groups in total. The number of rotatable bonds is 4. The molecule has 0 bridgehead atoms. The third-order valence-corrected chi connectivity index (χ3v) is 3.27. The number of aromatic nitrogens is 2. The smallest absolute Gasteiger partial charge is 0.230 e. The quantitative estimate of drug-likeness (QED) is 0.876. The largest absolute Gasteiger partial charge is 0.388 e. The Balaban J connectivity index is 2.52. The maximum atomic E-state index is 5.68. The number of aryl methyl sites for hydroxylation is 2. The van der Waals surface area contributed by atoms with Gasteiger partial charge in [0.1, 0.15) is 10.7 Å². The topological polar surface area (TPSA) is 55.0 Å². The molecule has 1 aromatic carbocycles. The Bertz CT molecular complexity index is 640. The van der Waals surface area contributed by atoms with Gasteiger partial charge in [0, 0.05) is 17.9 Å². The molecule has 0 aliphatic rings. The van der Waals surface area contributed by atoms with Crippen molar-refractivity contribution >= 4 is 28.8 Å². The van der Waals surface area contributed by atoms with Crippen molar-refractivity contribution in [3.63, 3.8) is 0 Å². The second-order valence-electron chi connectivity index (χ2n) is 4.59. The lowest BCUT2D eigenvalue weighted by molar-refractivity contribution is 0.926. The zero-order valence-corrected chi connectivity index (χ0v) is 12.7. The standard InChI is InChI=1S/C15H18N4S/c1-4-19(13-8-6-5-7-10(13)2)15-17-11(3)9-12(18-15)14(16)20/h5-9H,4H2,1-3H3,(H2,16,20). The lowest BCUT2D eigenvalue weighted by atomic mass is 10.2. The van der Waals surface area contributed by atoms with Crippen LogP contribution >= 0.6 is 12.2 Å². The number of hydrogen-bond donors (Lipinski definition) is 1. The minimum absolute atomic E-state index is 0.289. The van der Waals surface area contributed by atoms with Gasteiger partial charge in [0.15, 0.2) is 0 Å². The molecule has 0 saturated carbocycles. The van der Waals surface area contributed by atoms with E-state index in [1.807, 2.05) is 19.1 Å². The molecule has 1 heterocycles. The van der Waals surface area contributed by atoms with Crippen LogP contribution in [0.4, 0.5) is 11.6 Å². The summed E-state index contributed by atoms with van der Waals surface area (Å²) in [5.41, 5.74) is 9.41. The highest BCUT2D eigenvalue weighted by atomic mass is 32.1. The SMILES string of the molecule is CCN(c1nc(C)cc(C(N)=S)n1)c1ccccc1C. The average molecular weight is 286 g/mol. The van der Waals surface area contributed by atoms with Crippen molar-refractivity contribution in [3.05, 3.63) is 47.3 Å². The van der Waals surface area contributed by atoms with E-state index in [2.05, 4.69) is 40.8 Å². The molecule has 0 saturated heterocycles. The zero-order valence-electron chi connectivity index (χ0n) is 11.9. The molecule has 0 radical (unpaired) electrons. The van der Waals surface area contributed by atoms with Gasteiger partial charge >= 0.3 is 0 Å². The fourth-order valence-corrected chi connectivity index (χ4v) is 2.19. The van der Waals surface area contributed by atoms with E-state index in [-0.39, 0.29) is 4.99 Å². The lowest BCUT2D eigenvalue weighted by Gasteiger charge is -2.23. The number of thiocarbonyl (C=S) groups is 1. The van der Waals surface area contributed by atoms with Crippen LogP contribution in [0.3, 0.4) is 0 Å². The van der Waals surface area contributed by atoms with Gasteiger partial charge in [0.2, 0.25) is 5.95 Å². The third-order valence-electron chi connectivity index (χ3n) is 3.06. The highest BCUT2D eigenvalue weighted by Gasteiger charge is 2.14. The summed E-state index contributed by atoms with van der Waals surface area (Å²) in [6.45, 7) is 6.82. The van der Waals surface area contributed by atoms with Crippen molar-refractivity contribution < 1.29 is 0 Å². The van der Waals surface area contributed by atoms with Crippen LogP contribution < -0.4 is 10.6 Å². The molecule has 20 heavy (non-hydrogen) atoms. The van der Waals surface area contributed by atoms with Gasteiger partial charge in [-0.3, -0.25) is 0 Å². The maximum absolute atomic E-state index is 5.68. The Morgan fingerprint density at radius 2 is 1.95 bits per heavy atom. The summed E-state index contributed by atoms with van der Waals surface area (Å²) in [6, 6.07) is 9.96. The first-order valence-corrected chi connectivity index (χ1v) is 6.92. The molecular weight excluding hydrogens is 268 g/mol. The lowest BCUT2D eigenvalue weighted by Crippen LogP contribution is -2.22. The number of para-hydroxylation sites is 1. The molecular formula is C15H18N4S. The van der Waals surface area contributed by atoms with E-state index in [9.17, 15) is 0 Å². The fraction of sp³-hybridized carbons (Fsp3) is 0.267. The fourth-order valence-electron chi connectivity index (χ4n) is 2.09. The minimum Gasteiger partial charge on any atom is -0.388 e. The summed E-state index contributed by atoms with van der Waals surface area (Å²) in [5, 5.41) is 0. The van der Waals surface area contributed by atoms with Crippen molar-refractivity contribution in [1.29, 1.82) is 0 Å². The van der Waals surface area contributed by atoms with E-state index in [1.54, 1.807) is 6.07 Å². The van der Waals surface area contributed by atoms with E-state index < -0.39 is 0 Å². The molecule has 2 rings (SSSR count). The number of benzene rings is 1. The van der Waals surface area contributed by atoms with Crippen LogP contribution in [-0.4, -0.2) is 21.5 Å². The van der Waals surface area contributed by atoms with Gasteiger partial charge < -0.3 is 10.6 Å². The molecule has 0 aliphatic carbocycles. The number of anilines is 2. The summed E-state index contributed by atoms with van der Waals surface area (Å²) < 4.78 is 0. The Hall–Kier alpha value is -2.01. The first-order valence-electron chi connectivity index (χ1n) is 6.51. The monoisotopic (exact) mass is 286 g/mol. The molecule has 4 nitrogen and oxygen atoms in total. The van der Waals surface area contributed by atoms with Crippen LogP contribution in [0.25, 0.3) is 0 Å². The van der Waals surface area contributed by atoms with Gasteiger partial charge in [-0.25, -0.2) is 9.97 Å². The first kappa shape index (κ1) is 14.4. The van der Waals surface area contributed by atoms with Crippen molar-refractivity contribution in [2.24, 2.45) is 5.73 Å². The van der Waals surface area contributed by atoms with E-state index in [4.69, 9.17) is 18.0 Å². The van der Waals surface area contributed by atoms with Crippen molar-refractivity contribution in [2.75, 3.05) is 11.4 Å². The molecule has 0 atom stereocenters. The van der Waals surface area contributed by atoms with Gasteiger partial charge in [-0.2, -0.15) is 0 Å². The summed E-state index contributed by atoms with van der Waals surface area (Å²) in [4.78, 5) is 11.3. The zero-order chi connectivity index (χ0) is 14.7. The molecule has 0 unspecified atom stereocenters. The molecule has 1 aromatic heterocycles. The Morgan fingerprint density at radius 1 is 1.25 bits per heavy atom. The summed E-state index contributed by atoms with van der Waals surface area (Å²) >= 11 is 5.02. The predicted molar refractivity (Wildman–Crippen MR) is 86.5 cm³/mol. The van der Waals surface area contributed by atoms with Crippen molar-refractivity contribution in [3.8, 4) is 0 Å². The van der Waals surface area contributed by atoms with Crippen LogP contribution in [0.5, 0.6) is 0 Å². The van der Waals surface area contributed by atoms with Crippen LogP contribution in [0.1, 0.15) is 23.9 Å². The summed E-state index contributed by atoms with van der Waals surface area (Å²) in [5.74, 6) is 0.629. The van der Waals surface area contributed by atoms with Gasteiger partial charge in [0.25, 0.3) is 0 Å². The van der Waals surface area contributed by atoms with Gasteiger partial charge in [0.05, 0.1) is 0 Å². The van der Waals surface area contributed by atoms with E-state index in [1.165, 1.54) is 5.56 Å². The van der Waals surface area contributed by atoms with Gasteiger partial charge in [-0.15, -0.1) is 0 Å². The maximum Gasteiger partial charge on any atom is 0.230 e. The van der Waals surface area contributed by atoms with Crippen molar-refractivity contribution in [1.82, 2.24) is 9.97 Å². The van der Waals surface area contributed by atoms with Crippen LogP contribution in [-0.2, 0) is 0 Å².